The van der Waals surface area contributed by atoms with Gasteiger partial charge in [0.2, 0.25) is 6.04 Å². The molecular formula is C28H59N5O7. The zero-order valence-electron chi connectivity index (χ0n) is 25.3. The lowest BCUT2D eigenvalue weighted by Crippen LogP contribution is -2.42. The van der Waals surface area contributed by atoms with Gasteiger partial charge in [-0.1, -0.05) is 71.6 Å². The van der Waals surface area contributed by atoms with Crippen molar-refractivity contribution in [3.05, 3.63) is 10.1 Å². The van der Waals surface area contributed by atoms with Crippen molar-refractivity contribution in [3.8, 4) is 0 Å². The molecule has 1 saturated heterocycles. The van der Waals surface area contributed by atoms with Gasteiger partial charge in [0.1, 0.15) is 0 Å². The van der Waals surface area contributed by atoms with E-state index in [1.165, 1.54) is 70.8 Å². The van der Waals surface area contributed by atoms with Gasteiger partial charge in [-0.3, -0.25) is 34.4 Å². The van der Waals surface area contributed by atoms with Crippen LogP contribution in [0.1, 0.15) is 97.3 Å². The molecule has 0 aromatic rings. The molecule has 0 aromatic heterocycles. The first-order valence-corrected chi connectivity index (χ1v) is 15.3. The Morgan fingerprint density at radius 2 is 1.27 bits per heavy atom. The first-order valence-electron chi connectivity index (χ1n) is 15.3. The lowest BCUT2D eigenvalue weighted by molar-refractivity contribution is -0.523. The Balaban J connectivity index is 0. The Kier molecular flexibility index (Phi) is 33.6. The predicted octanol–water partition coefficient (Wildman–Crippen LogP) is 3.53. The fraction of sp³-hybridized carbons (Fsp3) is 0.929. The van der Waals surface area contributed by atoms with Crippen LogP contribution in [0.15, 0.2) is 0 Å². The number of hydrogen-bond donors (Lipinski definition) is 2. The number of hydrogen-bond acceptors (Lipinski definition) is 11. The zero-order valence-corrected chi connectivity index (χ0v) is 25.3. The van der Waals surface area contributed by atoms with Gasteiger partial charge in [0.05, 0.1) is 19.8 Å². The van der Waals surface area contributed by atoms with E-state index in [-0.39, 0.29) is 17.9 Å². The van der Waals surface area contributed by atoms with Crippen molar-refractivity contribution in [2.45, 2.75) is 103 Å². The van der Waals surface area contributed by atoms with E-state index in [1.54, 1.807) is 0 Å². The highest BCUT2D eigenvalue weighted by atomic mass is 17.2. The lowest BCUT2D eigenvalue weighted by atomic mass is 10.1. The van der Waals surface area contributed by atoms with Crippen LogP contribution in [0.3, 0.4) is 0 Å². The van der Waals surface area contributed by atoms with Crippen molar-refractivity contribution in [2.75, 3.05) is 65.6 Å². The number of carbonyl (C=O) groups excluding carboxylic acids is 2. The van der Waals surface area contributed by atoms with Crippen LogP contribution in [-0.4, -0.2) is 99.3 Å². The quantitative estimate of drug-likeness (QED) is 0.0567. The number of rotatable bonds is 24. The standard InChI is InChI=1S/C18H41N3.C8H16N2O3.C2H2O4/c1-2-3-4-5-6-7-8-9-10-11-16-21(17-12-14-19)18-13-15-20;1-2-8(10(11)12)7-9-3-5-13-6-4-9;3-1-5-6-2-4/h2-20H2,1H3;8H,2-7H2,1H3;1-2H. The summed E-state index contributed by atoms with van der Waals surface area (Å²) in [5.41, 5.74) is 11.2. The third kappa shape index (κ3) is 29.1. The van der Waals surface area contributed by atoms with Gasteiger partial charge < -0.3 is 21.1 Å². The number of carbonyl (C=O) groups is 2. The average molecular weight is 578 g/mol. The summed E-state index contributed by atoms with van der Waals surface area (Å²) in [5, 5.41) is 10.6. The summed E-state index contributed by atoms with van der Waals surface area (Å²) in [4.78, 5) is 40.0. The van der Waals surface area contributed by atoms with Crippen molar-refractivity contribution >= 4 is 12.9 Å². The highest BCUT2D eigenvalue weighted by molar-refractivity contribution is 5.40. The summed E-state index contributed by atoms with van der Waals surface area (Å²) in [7, 11) is 0. The van der Waals surface area contributed by atoms with Crippen LogP contribution in [0.5, 0.6) is 0 Å². The van der Waals surface area contributed by atoms with Crippen molar-refractivity contribution in [1.82, 2.24) is 9.80 Å². The molecule has 0 aromatic carbocycles. The van der Waals surface area contributed by atoms with Gasteiger partial charge in [-0.15, -0.1) is 0 Å². The van der Waals surface area contributed by atoms with Gasteiger partial charge in [-0.05, 0) is 52.0 Å². The van der Waals surface area contributed by atoms with E-state index in [4.69, 9.17) is 25.8 Å². The second kappa shape index (κ2) is 33.3. The molecule has 0 radical (unpaired) electrons. The molecular weight excluding hydrogens is 518 g/mol. The Hall–Kier alpha value is -1.86. The maximum atomic E-state index is 10.6. The molecule has 0 saturated carbocycles. The topological polar surface area (TPSA) is 163 Å². The molecule has 12 heteroatoms. The summed E-state index contributed by atoms with van der Waals surface area (Å²) in [6, 6.07) is -0.418. The maximum Gasteiger partial charge on any atom is 0.344 e. The second-order valence-electron chi connectivity index (χ2n) is 9.95. The van der Waals surface area contributed by atoms with Gasteiger partial charge in [0.15, 0.2) is 0 Å². The fourth-order valence-corrected chi connectivity index (χ4v) is 4.26. The molecule has 238 valence electrons. The van der Waals surface area contributed by atoms with E-state index >= 15 is 0 Å². The van der Waals surface area contributed by atoms with Crippen molar-refractivity contribution in [1.29, 1.82) is 0 Å². The lowest BCUT2D eigenvalue weighted by Gasteiger charge is -2.27. The SMILES string of the molecule is CCC(CN1CCOCC1)[N+](=O)[O-].CCCCCCCCCCCCN(CCCN)CCCN.O=COOC=O. The second-order valence-corrected chi connectivity index (χ2v) is 9.95. The van der Waals surface area contributed by atoms with Crippen molar-refractivity contribution < 1.29 is 29.0 Å². The third-order valence-corrected chi connectivity index (χ3v) is 6.66. The number of nitro groups is 1. The number of nitrogens with zero attached hydrogens (tertiary/aromatic N) is 3. The molecule has 0 bridgehead atoms. The molecule has 40 heavy (non-hydrogen) atoms. The predicted molar refractivity (Wildman–Crippen MR) is 158 cm³/mol. The molecule has 1 unspecified atom stereocenters. The van der Waals surface area contributed by atoms with Crippen LogP contribution < -0.4 is 11.5 Å². The van der Waals surface area contributed by atoms with Gasteiger partial charge in [0, 0.05) is 24.4 Å². The largest absolute Gasteiger partial charge is 0.379 e. The van der Waals surface area contributed by atoms with Gasteiger partial charge in [-0.2, -0.15) is 0 Å². The minimum atomic E-state index is -0.418. The minimum Gasteiger partial charge on any atom is -0.379 e. The van der Waals surface area contributed by atoms with E-state index in [0.717, 1.165) is 52.1 Å². The molecule has 1 heterocycles. The number of unbranched alkanes of at least 4 members (excludes halogenated alkanes) is 9. The van der Waals surface area contributed by atoms with Crippen LogP contribution in [0.4, 0.5) is 0 Å². The maximum absolute atomic E-state index is 10.6. The van der Waals surface area contributed by atoms with E-state index in [0.29, 0.717) is 26.2 Å². The highest BCUT2D eigenvalue weighted by Gasteiger charge is 2.22. The molecule has 1 aliphatic rings. The Morgan fingerprint density at radius 3 is 1.68 bits per heavy atom. The zero-order chi connectivity index (χ0) is 30.1. The van der Waals surface area contributed by atoms with Crippen LogP contribution >= 0.6 is 0 Å². The summed E-state index contributed by atoms with van der Waals surface area (Å²) in [6.07, 6.45) is 16.9. The molecule has 1 aliphatic heterocycles. The monoisotopic (exact) mass is 577 g/mol. The average Bonchev–Trinajstić information content (AvgIpc) is 2.97. The molecule has 1 fully saturated rings. The minimum absolute atomic E-state index is 0.00833. The molecule has 0 spiro atoms. The molecule has 1 atom stereocenters. The Labute approximate surface area is 242 Å². The number of morpholine rings is 1. The van der Waals surface area contributed by atoms with E-state index in [1.807, 2.05) is 6.92 Å². The molecule has 1 rings (SSSR count). The van der Waals surface area contributed by atoms with Crippen LogP contribution in [0, 0.1) is 10.1 Å². The van der Waals surface area contributed by atoms with Crippen LogP contribution in [-0.2, 0) is 24.1 Å². The number of nitrogens with two attached hydrogens (primary N) is 2. The first-order chi connectivity index (χ1) is 19.5. The molecule has 0 amide bonds. The summed E-state index contributed by atoms with van der Waals surface area (Å²) in [5.74, 6) is 0. The van der Waals surface area contributed by atoms with Crippen LogP contribution in [0.2, 0.25) is 0 Å². The molecule has 4 N–H and O–H groups in total. The third-order valence-electron chi connectivity index (χ3n) is 6.66. The van der Waals surface area contributed by atoms with E-state index < -0.39 is 6.04 Å². The molecule has 0 aliphatic carbocycles. The number of ether oxygens (including phenoxy) is 1. The highest BCUT2D eigenvalue weighted by Crippen LogP contribution is 2.11. The van der Waals surface area contributed by atoms with Gasteiger partial charge in [-0.25, -0.2) is 0 Å². The first kappa shape index (κ1) is 40.3. The smallest absolute Gasteiger partial charge is 0.344 e. The van der Waals surface area contributed by atoms with Crippen LogP contribution in [0.25, 0.3) is 0 Å². The van der Waals surface area contributed by atoms with Gasteiger partial charge >= 0.3 is 12.9 Å². The molecule has 12 nitrogen and oxygen atoms in total. The Morgan fingerprint density at radius 1 is 0.825 bits per heavy atom. The van der Waals surface area contributed by atoms with E-state index in [9.17, 15) is 10.1 Å². The summed E-state index contributed by atoms with van der Waals surface area (Å²) < 4.78 is 5.16. The summed E-state index contributed by atoms with van der Waals surface area (Å²) >= 11 is 0. The Bertz CT molecular complexity index is 539. The van der Waals surface area contributed by atoms with Crippen molar-refractivity contribution in [2.24, 2.45) is 11.5 Å². The van der Waals surface area contributed by atoms with Gasteiger partial charge in [0.25, 0.3) is 0 Å². The van der Waals surface area contributed by atoms with Crippen molar-refractivity contribution in [3.63, 3.8) is 0 Å². The fourth-order valence-electron chi connectivity index (χ4n) is 4.26. The van der Waals surface area contributed by atoms with E-state index in [2.05, 4.69) is 26.5 Å². The normalized spacial score (nSPS) is 13.8. The summed E-state index contributed by atoms with van der Waals surface area (Å²) in [6.45, 7) is 12.9.